The second-order valence-electron chi connectivity index (χ2n) is 24.8. The molecule has 4 aliphatic heterocycles. The predicted molar refractivity (Wildman–Crippen MR) is 255 cm³/mol. The van der Waals surface area contributed by atoms with E-state index in [-0.39, 0.29) is 54.1 Å². The number of aldehydes is 1. The van der Waals surface area contributed by atoms with Gasteiger partial charge in [0.25, 0.3) is 0 Å². The summed E-state index contributed by atoms with van der Waals surface area (Å²) in [4.78, 5) is 14.1. The van der Waals surface area contributed by atoms with Crippen molar-refractivity contribution in [3.05, 3.63) is 12.2 Å². The largest absolute Gasteiger partial charge is 0.394 e. The van der Waals surface area contributed by atoms with Gasteiger partial charge in [-0.15, -0.1) is 0 Å². The van der Waals surface area contributed by atoms with E-state index in [0.717, 1.165) is 19.1 Å². The Bertz CT molecular complexity index is 1940. The molecule has 4 saturated heterocycles. The number of aliphatic hydroxyl groups excluding tert-OH is 11. The average molecular weight is 1060 g/mol. The first-order chi connectivity index (χ1) is 34.6. The first-order valence-corrected chi connectivity index (χ1v) is 26.7. The van der Waals surface area contributed by atoms with E-state index in [2.05, 4.69) is 27.7 Å². The van der Waals surface area contributed by atoms with Crippen LogP contribution in [0.1, 0.15) is 106 Å². The standard InChI is InChI=1S/C52H86O22/c1-24-33(57)36(60)40(64)45(70-24)74-42-41(73-43-38(62)34(58)27(55)20-67-43)28(56)21-68-46(42)72-32-13-18-51(22-54)30(48(32,4)5)12-17-50(7)31(51)10-9-25-26(11-16-49(25,50)6)52(66,15-8-14-47(2,3)65)23-69-44-39(63)37(61)35(59)29(19-53)71-44/h8,14,22,24-46,53,55-66H,9-13,15-21,23H2,1-7H3/b14-8+/t24-,25+,26-,27+,28-,29+,30-,31-,32-,33-,34-,35+,36+,37-,38+,39+,40+,41-,42+,43-,44+,45-,46-,49+,50+,51+,52+/m0/s1. The molecule has 74 heavy (non-hydrogen) atoms. The SMILES string of the molecule is C[C@@H]1O[C@@H](O[C@H]2[C@H](O[C@H]3CC[C@]4(C=O)[C@H]5CC[C@@H]6[C@@H]([C@@](O)(C/C=C/C(C)(C)O)CO[C@@H]7O[C@H](CO)[C@@H](O)[C@H](O)[C@H]7O)CC[C@@]6(C)[C@]5(C)CC[C@H]4C3(C)C)OC[C@H](O)[C@@H]2O[C@@H]2OC[C@@H](O)[C@H](O)[C@H]2O)[C@H](O)[C@H](O)[C@H]1O. The zero-order chi connectivity index (χ0) is 54.2. The van der Waals surface area contributed by atoms with Crippen LogP contribution in [0.25, 0.3) is 0 Å². The molecule has 0 radical (unpaired) electrons. The van der Waals surface area contributed by atoms with Crippen molar-refractivity contribution in [2.24, 2.45) is 45.3 Å². The predicted octanol–water partition coefficient (Wildman–Crippen LogP) is -1.75. The van der Waals surface area contributed by atoms with Crippen LogP contribution in [0.3, 0.4) is 0 Å². The lowest BCUT2D eigenvalue weighted by atomic mass is 9.35. The van der Waals surface area contributed by atoms with Gasteiger partial charge in [0.05, 0.1) is 49.8 Å². The van der Waals surface area contributed by atoms with Gasteiger partial charge in [-0.3, -0.25) is 0 Å². The Morgan fingerprint density at radius 2 is 1.24 bits per heavy atom. The van der Waals surface area contributed by atoms with Gasteiger partial charge in [-0.2, -0.15) is 0 Å². The molecule has 22 heteroatoms. The van der Waals surface area contributed by atoms with Crippen molar-refractivity contribution in [2.45, 2.75) is 234 Å². The molecule has 0 bridgehead atoms. The van der Waals surface area contributed by atoms with E-state index in [1.165, 1.54) is 6.92 Å². The number of fused-ring (bicyclic) bond motifs is 5. The van der Waals surface area contributed by atoms with Crippen molar-refractivity contribution < 1.29 is 109 Å². The fourth-order valence-corrected chi connectivity index (χ4v) is 15.3. The highest BCUT2D eigenvalue weighted by molar-refractivity contribution is 5.62. The van der Waals surface area contributed by atoms with Crippen LogP contribution >= 0.6 is 0 Å². The third-order valence-electron chi connectivity index (χ3n) is 19.7. The van der Waals surface area contributed by atoms with Gasteiger partial charge < -0.3 is 109 Å². The molecule has 4 saturated carbocycles. The highest BCUT2D eigenvalue weighted by atomic mass is 16.8. The van der Waals surface area contributed by atoms with Crippen LogP contribution in [0.4, 0.5) is 0 Å². The third kappa shape index (κ3) is 10.4. The van der Waals surface area contributed by atoms with Crippen LogP contribution in [0.15, 0.2) is 12.2 Å². The van der Waals surface area contributed by atoms with Crippen LogP contribution in [0.5, 0.6) is 0 Å². The summed E-state index contributed by atoms with van der Waals surface area (Å²) in [6, 6.07) is 0. The number of aliphatic hydroxyl groups is 13. The minimum atomic E-state index is -1.77. The fourth-order valence-electron chi connectivity index (χ4n) is 15.3. The number of carbonyl (C=O) groups excluding carboxylic acids is 1. The third-order valence-corrected chi connectivity index (χ3v) is 19.7. The summed E-state index contributed by atoms with van der Waals surface area (Å²) in [6.07, 6.45) is -18.2. The highest BCUT2D eigenvalue weighted by Gasteiger charge is 2.71. The van der Waals surface area contributed by atoms with E-state index in [4.69, 9.17) is 37.9 Å². The van der Waals surface area contributed by atoms with Gasteiger partial charge in [0.1, 0.15) is 85.6 Å². The Morgan fingerprint density at radius 1 is 0.622 bits per heavy atom. The van der Waals surface area contributed by atoms with Crippen molar-refractivity contribution in [1.29, 1.82) is 0 Å². The Balaban J connectivity index is 1.03. The lowest BCUT2D eigenvalue weighted by molar-refractivity contribution is -0.383. The summed E-state index contributed by atoms with van der Waals surface area (Å²) in [5.41, 5.74) is -4.99. The quantitative estimate of drug-likeness (QED) is 0.0492. The van der Waals surface area contributed by atoms with Crippen molar-refractivity contribution in [2.75, 3.05) is 26.4 Å². The van der Waals surface area contributed by atoms with Gasteiger partial charge in [0.15, 0.2) is 25.2 Å². The molecule has 0 spiro atoms. The number of carbonyl (C=O) groups is 1. The molecule has 0 aromatic rings. The molecule has 8 fully saturated rings. The first-order valence-electron chi connectivity index (χ1n) is 26.7. The normalized spacial score (nSPS) is 51.6. The molecular formula is C52H86O22. The number of hydrogen-bond acceptors (Lipinski definition) is 22. The van der Waals surface area contributed by atoms with Gasteiger partial charge in [-0.05, 0) is 118 Å². The Labute approximate surface area is 432 Å². The topological polar surface area (TPSA) is 354 Å². The van der Waals surface area contributed by atoms with Crippen LogP contribution in [-0.2, 0) is 42.7 Å². The maximum Gasteiger partial charge on any atom is 0.187 e. The minimum absolute atomic E-state index is 0.0472. The Morgan fingerprint density at radius 3 is 1.92 bits per heavy atom. The van der Waals surface area contributed by atoms with E-state index in [0.29, 0.717) is 38.5 Å². The van der Waals surface area contributed by atoms with E-state index in [1.54, 1.807) is 26.0 Å². The zero-order valence-corrected chi connectivity index (χ0v) is 43.7. The number of rotatable bonds is 15. The van der Waals surface area contributed by atoms with Crippen LogP contribution in [0, 0.1) is 45.3 Å². The summed E-state index contributed by atoms with van der Waals surface area (Å²) < 4.78 is 48.6. The van der Waals surface area contributed by atoms with E-state index >= 15 is 0 Å². The van der Waals surface area contributed by atoms with Crippen LogP contribution in [-0.4, -0.2) is 227 Å². The molecule has 426 valence electrons. The second-order valence-corrected chi connectivity index (χ2v) is 24.8. The summed E-state index contributed by atoms with van der Waals surface area (Å²) in [7, 11) is 0. The Hall–Kier alpha value is -1.43. The molecule has 0 amide bonds. The number of hydrogen-bond donors (Lipinski definition) is 13. The maximum atomic E-state index is 14.1. The maximum absolute atomic E-state index is 14.1. The van der Waals surface area contributed by atoms with E-state index in [9.17, 15) is 71.2 Å². The average Bonchev–Trinajstić information content (AvgIpc) is 3.72. The van der Waals surface area contributed by atoms with Crippen molar-refractivity contribution >= 4 is 6.29 Å². The smallest absolute Gasteiger partial charge is 0.187 e. The van der Waals surface area contributed by atoms with Gasteiger partial charge in [-0.1, -0.05) is 39.8 Å². The molecule has 22 nitrogen and oxygen atoms in total. The summed E-state index contributed by atoms with van der Waals surface area (Å²) in [6.45, 7) is 11.7. The van der Waals surface area contributed by atoms with Crippen molar-refractivity contribution in [3.63, 3.8) is 0 Å². The lowest BCUT2D eigenvalue weighted by Crippen LogP contribution is -2.67. The molecule has 0 unspecified atom stereocenters. The number of ether oxygens (including phenoxy) is 8. The molecule has 8 rings (SSSR count). The van der Waals surface area contributed by atoms with E-state index < -0.39 is 152 Å². The monoisotopic (exact) mass is 1060 g/mol. The van der Waals surface area contributed by atoms with Crippen molar-refractivity contribution in [1.82, 2.24) is 0 Å². The fraction of sp³-hybridized carbons (Fsp3) is 0.942. The van der Waals surface area contributed by atoms with Gasteiger partial charge in [-0.25, -0.2) is 0 Å². The van der Waals surface area contributed by atoms with Gasteiger partial charge >= 0.3 is 0 Å². The van der Waals surface area contributed by atoms with Gasteiger partial charge in [0, 0.05) is 5.41 Å². The molecule has 4 heterocycles. The molecule has 8 aliphatic rings. The second kappa shape index (κ2) is 21.9. The van der Waals surface area contributed by atoms with Crippen molar-refractivity contribution in [3.8, 4) is 0 Å². The van der Waals surface area contributed by atoms with E-state index in [1.807, 2.05) is 0 Å². The Kier molecular flexibility index (Phi) is 17.4. The first kappa shape index (κ1) is 58.7. The van der Waals surface area contributed by atoms with Gasteiger partial charge in [0.2, 0.25) is 0 Å². The summed E-state index contributed by atoms with van der Waals surface area (Å²) in [5.74, 6) is -0.656. The highest BCUT2D eigenvalue weighted by Crippen LogP contribution is 2.75. The minimum Gasteiger partial charge on any atom is -0.394 e. The van der Waals surface area contributed by atoms with Crippen LogP contribution in [0.2, 0.25) is 0 Å². The molecule has 4 aliphatic carbocycles. The zero-order valence-electron chi connectivity index (χ0n) is 43.7. The molecule has 0 aromatic heterocycles. The molecule has 0 aromatic carbocycles. The molecule has 27 atom stereocenters. The lowest BCUT2D eigenvalue weighted by Gasteiger charge is -2.69. The summed E-state index contributed by atoms with van der Waals surface area (Å²) >= 11 is 0. The molecule has 13 N–H and O–H groups in total. The molecular weight excluding hydrogens is 977 g/mol. The summed E-state index contributed by atoms with van der Waals surface area (Å²) in [5, 5.41) is 140. The van der Waals surface area contributed by atoms with Crippen LogP contribution < -0.4 is 0 Å².